The van der Waals surface area contributed by atoms with Crippen LogP contribution in [0.3, 0.4) is 0 Å². The number of rotatable bonds is 5. The lowest BCUT2D eigenvalue weighted by atomic mass is 9.04. The molecule has 0 aromatic heterocycles. The molecule has 1 aliphatic carbocycles. The highest BCUT2D eigenvalue weighted by atomic mass is 19.2. The van der Waals surface area contributed by atoms with Gasteiger partial charge in [-0.2, -0.15) is 0 Å². The van der Waals surface area contributed by atoms with Gasteiger partial charge in [-0.15, -0.1) is 16.4 Å². The Hall–Kier alpha value is -5.33. The van der Waals surface area contributed by atoms with Crippen molar-refractivity contribution in [2.45, 2.75) is 11.5 Å². The highest BCUT2D eigenvalue weighted by Gasteiger charge is 2.69. The molecular formula is C30HBF25-. The standard InChI is InChI=1S/C30HBF25/c32-5-1(6(33)14(41)21(48)13(5)40)30(28(55)26(53)25(52)27(54)29(30)56)31(2-7(34)15(42)22(49)16(43)8(2)35,3-9(36)17(44)23(50)18(45)10(3)37)4-11(38)19(46)24(51)20(47)12(4)39/h28H/q-1. The Labute approximate surface area is 289 Å². The van der Waals surface area contributed by atoms with E-state index in [1.807, 2.05) is 0 Å². The van der Waals surface area contributed by atoms with E-state index in [1.165, 1.54) is 0 Å². The lowest BCUT2D eigenvalue weighted by Gasteiger charge is -2.59. The van der Waals surface area contributed by atoms with Crippen LogP contribution in [-0.2, 0) is 5.31 Å². The van der Waals surface area contributed by atoms with Gasteiger partial charge in [-0.1, -0.05) is 0 Å². The third-order valence-corrected chi connectivity index (χ3v) is 8.92. The maximum absolute atomic E-state index is 16.9. The summed E-state index contributed by atoms with van der Waals surface area (Å²) in [7, 11) is 0. The molecule has 0 saturated carbocycles. The van der Waals surface area contributed by atoms with Gasteiger partial charge < -0.3 is 0 Å². The first-order chi connectivity index (χ1) is 25.7. The van der Waals surface area contributed by atoms with E-state index in [0.717, 1.165) is 0 Å². The zero-order chi connectivity index (χ0) is 42.7. The summed E-state index contributed by atoms with van der Waals surface area (Å²) in [5, 5.41) is -6.97. The molecule has 300 valence electrons. The van der Waals surface area contributed by atoms with Gasteiger partial charge in [0.25, 0.3) is 0 Å². The van der Waals surface area contributed by atoms with E-state index < -0.39 is 179 Å². The van der Waals surface area contributed by atoms with Crippen LogP contribution in [0.15, 0.2) is 23.3 Å². The van der Waals surface area contributed by atoms with E-state index in [1.54, 1.807) is 0 Å². The molecule has 0 nitrogen and oxygen atoms in total. The highest BCUT2D eigenvalue weighted by Crippen LogP contribution is 2.57. The van der Waals surface area contributed by atoms with Crippen molar-refractivity contribution in [1.82, 2.24) is 0 Å². The second kappa shape index (κ2) is 13.4. The maximum Gasteiger partial charge on any atom is 0.200 e. The minimum atomic E-state index is -8.40. The molecule has 0 bridgehead atoms. The fourth-order valence-corrected chi connectivity index (χ4v) is 6.76. The predicted octanol–water partition coefficient (Wildman–Crippen LogP) is 9.07. The van der Waals surface area contributed by atoms with Gasteiger partial charge in [-0.3, -0.25) is 0 Å². The van der Waals surface area contributed by atoms with E-state index in [0.29, 0.717) is 0 Å². The van der Waals surface area contributed by atoms with Crippen molar-refractivity contribution in [3.63, 3.8) is 0 Å². The normalized spacial score (nSPS) is 17.8. The van der Waals surface area contributed by atoms with Crippen LogP contribution in [0.1, 0.15) is 5.56 Å². The molecular weight excluding hydrogens is 846 g/mol. The summed E-state index contributed by atoms with van der Waals surface area (Å²) in [6.07, 6.45) is -14.3. The van der Waals surface area contributed by atoms with Crippen LogP contribution >= 0.6 is 0 Å². The molecule has 2 atom stereocenters. The van der Waals surface area contributed by atoms with Gasteiger partial charge in [-0.25, -0.2) is 110 Å². The van der Waals surface area contributed by atoms with Crippen molar-refractivity contribution in [2.24, 2.45) is 0 Å². The van der Waals surface area contributed by atoms with Crippen LogP contribution in [0, 0.1) is 116 Å². The van der Waals surface area contributed by atoms with E-state index in [9.17, 15) is 30.7 Å². The van der Waals surface area contributed by atoms with E-state index in [-0.39, 0.29) is 0 Å². The first-order valence-electron chi connectivity index (χ1n) is 13.7. The van der Waals surface area contributed by atoms with Crippen molar-refractivity contribution in [2.75, 3.05) is 0 Å². The minimum absolute atomic E-state index is 3.61. The summed E-state index contributed by atoms with van der Waals surface area (Å²) in [6.45, 7) is 0. The second-order valence-corrected chi connectivity index (χ2v) is 11.3. The molecule has 0 aliphatic heterocycles. The van der Waals surface area contributed by atoms with Crippen LogP contribution in [0.25, 0.3) is 0 Å². The Morgan fingerprint density at radius 3 is 0.750 bits per heavy atom. The Balaban J connectivity index is 2.53. The molecule has 0 amide bonds. The highest BCUT2D eigenvalue weighted by molar-refractivity contribution is 7.14. The molecule has 0 spiro atoms. The molecule has 5 rings (SSSR count). The minimum Gasteiger partial charge on any atom is -0.242 e. The number of alkyl halides is 1. The summed E-state index contributed by atoms with van der Waals surface area (Å²) in [5.74, 6) is -96.1. The lowest BCUT2D eigenvalue weighted by Crippen LogP contribution is -2.85. The Kier molecular flexibility index (Phi) is 10.0. The first-order valence-corrected chi connectivity index (χ1v) is 13.7. The zero-order valence-electron chi connectivity index (χ0n) is 25.1. The lowest BCUT2D eigenvalue weighted by molar-refractivity contribution is 0.206. The van der Waals surface area contributed by atoms with Crippen molar-refractivity contribution < 1.29 is 110 Å². The van der Waals surface area contributed by atoms with Crippen LogP contribution in [0.4, 0.5) is 110 Å². The fraction of sp³-hybridized carbons (Fsp3) is 0.0667. The molecule has 2 unspecified atom stereocenters. The zero-order valence-corrected chi connectivity index (χ0v) is 25.1. The summed E-state index contributed by atoms with van der Waals surface area (Å²) in [4.78, 5) is 0. The summed E-state index contributed by atoms with van der Waals surface area (Å²) in [5.41, 5.74) is -16.8. The number of halogens is 25. The van der Waals surface area contributed by atoms with Gasteiger partial charge >= 0.3 is 0 Å². The molecule has 1 aliphatic rings. The van der Waals surface area contributed by atoms with Gasteiger partial charge in [0, 0.05) is 5.56 Å². The number of hydrogen-bond donors (Lipinski definition) is 0. The summed E-state index contributed by atoms with van der Waals surface area (Å²) in [6, 6.07) is 0. The molecule has 26 heteroatoms. The summed E-state index contributed by atoms with van der Waals surface area (Å²) >= 11 is 0. The summed E-state index contributed by atoms with van der Waals surface area (Å²) < 4.78 is 385. The molecule has 0 saturated heterocycles. The van der Waals surface area contributed by atoms with Crippen molar-refractivity contribution in [3.8, 4) is 0 Å². The van der Waals surface area contributed by atoms with E-state index >= 15 is 79.0 Å². The molecule has 0 fully saturated rings. The maximum atomic E-state index is 16.9. The topological polar surface area (TPSA) is 0 Å². The fourth-order valence-electron chi connectivity index (χ4n) is 6.76. The van der Waals surface area contributed by atoms with Gasteiger partial charge in [0.15, 0.2) is 93.1 Å². The van der Waals surface area contributed by atoms with Gasteiger partial charge in [0.1, 0.15) is 53.0 Å². The Morgan fingerprint density at radius 1 is 0.286 bits per heavy atom. The molecule has 56 heavy (non-hydrogen) atoms. The van der Waals surface area contributed by atoms with Gasteiger partial charge in [-0.05, 0) is 5.31 Å². The molecule has 0 radical (unpaired) electrons. The van der Waals surface area contributed by atoms with Gasteiger partial charge in [0.05, 0.1) is 0 Å². The van der Waals surface area contributed by atoms with E-state index in [2.05, 4.69) is 0 Å². The van der Waals surface area contributed by atoms with Crippen molar-refractivity contribution >= 4 is 22.5 Å². The second-order valence-electron chi connectivity index (χ2n) is 11.3. The number of hydrogen-bond acceptors (Lipinski definition) is 0. The third-order valence-electron chi connectivity index (χ3n) is 8.92. The molecule has 0 N–H and O–H groups in total. The quantitative estimate of drug-likeness (QED) is 0.0815. The van der Waals surface area contributed by atoms with Crippen molar-refractivity contribution in [3.05, 3.63) is 145 Å². The Morgan fingerprint density at radius 2 is 0.500 bits per heavy atom. The largest absolute Gasteiger partial charge is 0.242 e. The predicted molar refractivity (Wildman–Crippen MR) is 135 cm³/mol. The average molecular weight is 847 g/mol. The Bertz CT molecular complexity index is 2220. The van der Waals surface area contributed by atoms with Crippen LogP contribution < -0.4 is 16.4 Å². The first kappa shape index (κ1) is 41.8. The van der Waals surface area contributed by atoms with Crippen LogP contribution in [0.2, 0.25) is 0 Å². The van der Waals surface area contributed by atoms with Crippen LogP contribution in [0.5, 0.6) is 0 Å². The molecule has 4 aromatic rings. The SMILES string of the molecule is FC1=C(F)C(F)C(c2c(F)c(F)c(F)c(F)c2F)([B-](c2c(F)c(F)c(F)c(F)c2F)(c2c(F)c(F)c(F)c(F)c2F)c2c(F)c(F)c(F)c(F)c2F)C(F)=C1F. The molecule has 4 aromatic carbocycles. The third kappa shape index (κ3) is 4.81. The number of benzene rings is 4. The van der Waals surface area contributed by atoms with Crippen LogP contribution in [-0.4, -0.2) is 12.3 Å². The molecule has 0 heterocycles. The number of allylic oxidation sites excluding steroid dienone is 4. The van der Waals surface area contributed by atoms with E-state index in [4.69, 9.17) is 0 Å². The average Bonchev–Trinajstić information content (AvgIpc) is 3.17. The monoisotopic (exact) mass is 847 g/mol. The van der Waals surface area contributed by atoms with Crippen molar-refractivity contribution in [1.29, 1.82) is 0 Å². The smallest absolute Gasteiger partial charge is 0.200 e. The van der Waals surface area contributed by atoms with Gasteiger partial charge in [0.2, 0.25) is 5.82 Å².